The Balaban J connectivity index is 1.43. The van der Waals surface area contributed by atoms with E-state index in [1.54, 1.807) is 6.07 Å². The fourth-order valence-corrected chi connectivity index (χ4v) is 4.10. The summed E-state index contributed by atoms with van der Waals surface area (Å²) in [6.07, 6.45) is 1.43. The molecule has 150 valence electrons. The Morgan fingerprint density at radius 2 is 1.80 bits per heavy atom. The highest BCUT2D eigenvalue weighted by Gasteiger charge is 2.09. The molecule has 4 aromatic carbocycles. The number of phenols is 1. The van der Waals surface area contributed by atoms with Gasteiger partial charge in [0.2, 0.25) is 0 Å². The van der Waals surface area contributed by atoms with Gasteiger partial charge in [0, 0.05) is 10.0 Å². The summed E-state index contributed by atoms with van der Waals surface area (Å²) in [7, 11) is 0. The number of hydrogen-bond acceptors (Lipinski definition) is 4. The Hall–Kier alpha value is -2.90. The van der Waals surface area contributed by atoms with Crippen LogP contribution in [0.3, 0.4) is 0 Å². The number of ether oxygens (including phenoxy) is 1. The van der Waals surface area contributed by atoms with Gasteiger partial charge in [-0.25, -0.2) is 5.43 Å². The SMILES string of the molecule is O=C(COc1ccc2cc(Br)ccc2c1Br)N/N=C/c1c(O)ccc2ccccc12. The molecule has 5 nitrogen and oxygen atoms in total. The van der Waals surface area contributed by atoms with Crippen LogP contribution in [-0.4, -0.2) is 23.8 Å². The molecule has 0 aliphatic rings. The lowest BCUT2D eigenvalue weighted by molar-refractivity contribution is -0.123. The van der Waals surface area contributed by atoms with Crippen molar-refractivity contribution in [2.45, 2.75) is 0 Å². The molecule has 0 fully saturated rings. The number of halogens is 2. The highest BCUT2D eigenvalue weighted by molar-refractivity contribution is 9.11. The lowest BCUT2D eigenvalue weighted by Gasteiger charge is -2.10. The van der Waals surface area contributed by atoms with Crippen LogP contribution in [0.1, 0.15) is 5.56 Å². The van der Waals surface area contributed by atoms with Crippen LogP contribution in [0, 0.1) is 0 Å². The number of nitrogens with one attached hydrogen (secondary N) is 1. The predicted octanol–water partition coefficient (Wildman–Crippen LogP) is 5.75. The van der Waals surface area contributed by atoms with Crippen molar-refractivity contribution in [2.75, 3.05) is 6.61 Å². The summed E-state index contributed by atoms with van der Waals surface area (Å²) in [5.74, 6) is 0.249. The minimum Gasteiger partial charge on any atom is -0.507 e. The number of carbonyl (C=O) groups is 1. The van der Waals surface area contributed by atoms with Gasteiger partial charge in [0.05, 0.1) is 10.7 Å². The maximum absolute atomic E-state index is 12.1. The smallest absolute Gasteiger partial charge is 0.277 e. The molecule has 0 spiro atoms. The first-order valence-corrected chi connectivity index (χ1v) is 10.6. The predicted molar refractivity (Wildman–Crippen MR) is 126 cm³/mol. The van der Waals surface area contributed by atoms with Crippen LogP contribution < -0.4 is 10.2 Å². The third-order valence-corrected chi connectivity index (χ3v) is 5.88. The molecule has 0 heterocycles. The first-order chi connectivity index (χ1) is 14.5. The fraction of sp³-hybridized carbons (Fsp3) is 0.0435. The number of benzene rings is 4. The number of phenolic OH excluding ortho intramolecular Hbond substituents is 1. The van der Waals surface area contributed by atoms with E-state index in [-0.39, 0.29) is 12.4 Å². The van der Waals surface area contributed by atoms with Gasteiger partial charge in [-0.2, -0.15) is 5.10 Å². The summed E-state index contributed by atoms with van der Waals surface area (Å²) in [6.45, 7) is -0.195. The van der Waals surface area contributed by atoms with E-state index in [1.165, 1.54) is 6.21 Å². The third kappa shape index (κ3) is 4.32. The van der Waals surface area contributed by atoms with E-state index in [0.717, 1.165) is 30.5 Å². The molecule has 0 radical (unpaired) electrons. The van der Waals surface area contributed by atoms with Crippen molar-refractivity contribution in [1.82, 2.24) is 5.43 Å². The zero-order chi connectivity index (χ0) is 21.1. The molecule has 4 rings (SSSR count). The quantitative estimate of drug-likeness (QED) is 0.256. The van der Waals surface area contributed by atoms with Gasteiger partial charge in [-0.05, 0) is 61.7 Å². The summed E-state index contributed by atoms with van der Waals surface area (Å²) >= 11 is 7.00. The van der Waals surface area contributed by atoms with Crippen molar-refractivity contribution in [2.24, 2.45) is 5.10 Å². The van der Waals surface area contributed by atoms with Crippen LogP contribution in [0.4, 0.5) is 0 Å². The van der Waals surface area contributed by atoms with Crippen molar-refractivity contribution in [3.63, 3.8) is 0 Å². The number of nitrogens with zero attached hydrogens (tertiary/aromatic N) is 1. The van der Waals surface area contributed by atoms with Crippen molar-refractivity contribution in [3.05, 3.63) is 81.2 Å². The number of hydrogen-bond donors (Lipinski definition) is 2. The molecule has 1 amide bonds. The minimum atomic E-state index is -0.409. The number of aromatic hydroxyl groups is 1. The van der Waals surface area contributed by atoms with Gasteiger partial charge in [0.15, 0.2) is 6.61 Å². The number of fused-ring (bicyclic) bond motifs is 2. The van der Waals surface area contributed by atoms with Gasteiger partial charge in [0.1, 0.15) is 11.5 Å². The van der Waals surface area contributed by atoms with Crippen molar-refractivity contribution in [1.29, 1.82) is 0 Å². The van der Waals surface area contributed by atoms with Gasteiger partial charge < -0.3 is 9.84 Å². The van der Waals surface area contributed by atoms with Crippen LogP contribution in [0.15, 0.2) is 80.8 Å². The van der Waals surface area contributed by atoms with E-state index in [2.05, 4.69) is 42.4 Å². The summed E-state index contributed by atoms with van der Waals surface area (Å²) in [6, 6.07) is 20.7. The zero-order valence-electron chi connectivity index (χ0n) is 15.6. The standard InChI is InChI=1S/C23H16Br2N2O3/c24-16-7-8-18-15(11-16)6-10-21(23(18)25)30-13-22(29)27-26-12-19-17-4-2-1-3-14(17)5-9-20(19)28/h1-12,28H,13H2,(H,27,29)/b26-12+. The highest BCUT2D eigenvalue weighted by Crippen LogP contribution is 2.34. The Bertz CT molecular complexity index is 1290. The molecule has 0 unspecified atom stereocenters. The fourth-order valence-electron chi connectivity index (χ4n) is 3.12. The number of carbonyl (C=O) groups excluding carboxylic acids is 1. The molecular formula is C23H16Br2N2O3. The Morgan fingerprint density at radius 1 is 1.00 bits per heavy atom. The molecule has 0 aliphatic carbocycles. The molecule has 0 atom stereocenters. The third-order valence-electron chi connectivity index (χ3n) is 4.57. The molecule has 7 heteroatoms. The highest BCUT2D eigenvalue weighted by atomic mass is 79.9. The second-order valence-electron chi connectivity index (χ2n) is 6.54. The average molecular weight is 528 g/mol. The Kier molecular flexibility index (Phi) is 6.01. The summed E-state index contributed by atoms with van der Waals surface area (Å²) < 4.78 is 7.41. The molecule has 0 aliphatic heterocycles. The molecule has 0 saturated heterocycles. The van der Waals surface area contributed by atoms with Crippen molar-refractivity contribution < 1.29 is 14.6 Å². The largest absolute Gasteiger partial charge is 0.507 e. The normalized spacial score (nSPS) is 11.3. The molecule has 30 heavy (non-hydrogen) atoms. The topological polar surface area (TPSA) is 70.9 Å². The molecule has 2 N–H and O–H groups in total. The zero-order valence-corrected chi connectivity index (χ0v) is 18.8. The lowest BCUT2D eigenvalue weighted by atomic mass is 10.0. The Morgan fingerprint density at radius 3 is 2.67 bits per heavy atom. The summed E-state index contributed by atoms with van der Waals surface area (Å²) in [5.41, 5.74) is 2.97. The van der Waals surface area contributed by atoms with E-state index in [0.29, 0.717) is 11.3 Å². The average Bonchev–Trinajstić information content (AvgIpc) is 2.74. The number of hydrazone groups is 1. The van der Waals surface area contributed by atoms with Gasteiger partial charge in [0.25, 0.3) is 5.91 Å². The molecule has 0 bridgehead atoms. The van der Waals surface area contributed by atoms with E-state index in [9.17, 15) is 9.90 Å². The van der Waals surface area contributed by atoms with E-state index < -0.39 is 5.91 Å². The molecular weight excluding hydrogens is 512 g/mol. The van der Waals surface area contributed by atoms with E-state index >= 15 is 0 Å². The summed E-state index contributed by atoms with van der Waals surface area (Å²) in [5, 5.41) is 17.9. The lowest BCUT2D eigenvalue weighted by Crippen LogP contribution is -2.24. The van der Waals surface area contributed by atoms with Crippen LogP contribution in [0.2, 0.25) is 0 Å². The second-order valence-corrected chi connectivity index (χ2v) is 8.25. The molecule has 4 aromatic rings. The first kappa shape index (κ1) is 20.4. The van der Waals surface area contributed by atoms with Crippen LogP contribution in [0.25, 0.3) is 21.5 Å². The molecule has 0 aromatic heterocycles. The minimum absolute atomic E-state index is 0.0923. The summed E-state index contributed by atoms with van der Waals surface area (Å²) in [4.78, 5) is 12.1. The van der Waals surface area contributed by atoms with Crippen molar-refractivity contribution in [3.8, 4) is 11.5 Å². The molecule has 0 saturated carbocycles. The van der Waals surface area contributed by atoms with Gasteiger partial charge in [-0.3, -0.25) is 4.79 Å². The second kappa shape index (κ2) is 8.85. The van der Waals surface area contributed by atoms with Crippen molar-refractivity contribution >= 4 is 65.5 Å². The maximum Gasteiger partial charge on any atom is 0.277 e. The first-order valence-electron chi connectivity index (χ1n) is 9.06. The Labute approximate surface area is 189 Å². The van der Waals surface area contributed by atoms with Crippen LogP contribution >= 0.6 is 31.9 Å². The van der Waals surface area contributed by atoms with E-state index in [1.807, 2.05) is 60.7 Å². The van der Waals surface area contributed by atoms with Crippen LogP contribution in [0.5, 0.6) is 11.5 Å². The van der Waals surface area contributed by atoms with Gasteiger partial charge in [-0.15, -0.1) is 0 Å². The van der Waals surface area contributed by atoms with Crippen LogP contribution in [-0.2, 0) is 4.79 Å². The maximum atomic E-state index is 12.1. The van der Waals surface area contributed by atoms with E-state index in [4.69, 9.17) is 4.74 Å². The number of amides is 1. The monoisotopic (exact) mass is 526 g/mol. The number of rotatable bonds is 5. The van der Waals surface area contributed by atoms with Gasteiger partial charge in [-0.1, -0.05) is 58.4 Å². The van der Waals surface area contributed by atoms with Gasteiger partial charge >= 0.3 is 0 Å².